The molecule has 0 aliphatic rings. The Bertz CT molecular complexity index is 570. The minimum atomic E-state index is -0.484. The van der Waals surface area contributed by atoms with Crippen LogP contribution in [-0.2, 0) is 0 Å². The molecule has 8 heteroatoms. The van der Waals surface area contributed by atoms with Gasteiger partial charge in [0.1, 0.15) is 12.5 Å². The average molecular weight is 209 g/mol. The lowest BCUT2D eigenvalue weighted by molar-refractivity contribution is 0.325. The Balaban J connectivity index is 2.62. The van der Waals surface area contributed by atoms with E-state index in [2.05, 4.69) is 25.3 Å². The molecule has 0 radical (unpaired) electrons. The number of aliphatic hydroxyl groups excluding tert-OH is 1. The van der Waals surface area contributed by atoms with Crippen LogP contribution in [0.25, 0.3) is 11.2 Å². The highest BCUT2D eigenvalue weighted by Crippen LogP contribution is 2.05. The van der Waals surface area contributed by atoms with Crippen molar-refractivity contribution in [2.75, 3.05) is 17.8 Å². The van der Waals surface area contributed by atoms with Crippen LogP contribution in [0.3, 0.4) is 0 Å². The maximum atomic E-state index is 11.4. The van der Waals surface area contributed by atoms with E-state index in [4.69, 9.17) is 6.52 Å². The Labute approximate surface area is 84.7 Å². The predicted octanol–water partition coefficient (Wildman–Crippen LogP) is -1.34. The normalized spacial score (nSPS) is 11.1. The van der Waals surface area contributed by atoms with Gasteiger partial charge in [0.25, 0.3) is 5.56 Å². The summed E-state index contributed by atoms with van der Waals surface area (Å²) in [4.78, 5) is 25.4. The van der Waals surface area contributed by atoms with Crippen molar-refractivity contribution >= 4 is 22.9 Å². The molecule has 2 aromatic rings. The van der Waals surface area contributed by atoms with Crippen LogP contribution in [0, 0.1) is 0 Å². The number of hydrogen-bond donors (Lipinski definition) is 4. The van der Waals surface area contributed by atoms with E-state index in [-0.39, 0.29) is 23.8 Å². The standard InChI is InChI=1S/C7H8N6O2/c8-7-12-5-4(6(15)13-7)9-1-3(11-5)10-2-14/h1,14H,2H2,(H4,8,10,11,12,13,15)/i/hD. The number of nitrogen functional groups attached to an aromatic ring is 1. The zero-order valence-corrected chi connectivity index (χ0v) is 7.48. The largest absolute Gasteiger partial charge is 0.377 e. The smallest absolute Gasteiger partial charge is 0.280 e. The Hall–Kier alpha value is -2.22. The van der Waals surface area contributed by atoms with Crippen LogP contribution in [0.4, 0.5) is 11.8 Å². The average Bonchev–Trinajstić information content (AvgIpc) is 2.29. The number of hydrogen-bond acceptors (Lipinski definition) is 7. The van der Waals surface area contributed by atoms with Gasteiger partial charge in [0.05, 0.1) is 6.20 Å². The van der Waals surface area contributed by atoms with Crippen LogP contribution in [0.2, 0.25) is 1.41 Å². The van der Waals surface area contributed by atoms with Crippen LogP contribution in [-0.4, -0.2) is 31.8 Å². The van der Waals surface area contributed by atoms with Crippen molar-refractivity contribution < 1.29 is 6.52 Å². The van der Waals surface area contributed by atoms with E-state index in [1.54, 1.807) is 0 Å². The third-order valence-corrected chi connectivity index (χ3v) is 1.68. The third-order valence-electron chi connectivity index (χ3n) is 1.68. The first-order valence-electron chi connectivity index (χ1n) is 4.54. The van der Waals surface area contributed by atoms with Crippen LogP contribution >= 0.6 is 0 Å². The lowest BCUT2D eigenvalue weighted by Gasteiger charge is -2.01. The first kappa shape index (κ1) is 8.12. The molecule has 0 unspecified atom stereocenters. The van der Waals surface area contributed by atoms with E-state index in [0.717, 1.165) is 0 Å². The fraction of sp³-hybridized carbons (Fsp3) is 0.143. The maximum Gasteiger partial charge on any atom is 0.280 e. The summed E-state index contributed by atoms with van der Waals surface area (Å²) in [7, 11) is 0. The molecule has 0 saturated carbocycles. The van der Waals surface area contributed by atoms with Gasteiger partial charge >= 0.3 is 0 Å². The molecule has 0 fully saturated rings. The Morgan fingerprint density at radius 2 is 2.53 bits per heavy atom. The number of nitrogens with two attached hydrogens (primary N) is 1. The van der Waals surface area contributed by atoms with Gasteiger partial charge in [-0.2, -0.15) is 4.98 Å². The molecule has 78 valence electrons. The molecule has 5 N–H and O–H groups in total. The molecule has 15 heavy (non-hydrogen) atoms. The first-order valence-corrected chi connectivity index (χ1v) is 4.04. The quantitative estimate of drug-likeness (QED) is 0.460. The molecule has 0 spiro atoms. The number of aromatic amines is 1. The number of fused-ring (bicyclic) bond motifs is 1. The molecular formula is C7H8N6O2. The Morgan fingerprint density at radius 3 is 3.27 bits per heavy atom. The number of nitrogens with zero attached hydrogens (tertiary/aromatic N) is 3. The predicted molar refractivity (Wildman–Crippen MR) is 53.1 cm³/mol. The molecule has 8 nitrogen and oxygen atoms in total. The van der Waals surface area contributed by atoms with Gasteiger partial charge in [-0.15, -0.1) is 0 Å². The van der Waals surface area contributed by atoms with Gasteiger partial charge < -0.3 is 16.2 Å². The van der Waals surface area contributed by atoms with Crippen LogP contribution in [0.1, 0.15) is 0 Å². The van der Waals surface area contributed by atoms with Crippen LogP contribution in [0.15, 0.2) is 11.0 Å². The summed E-state index contributed by atoms with van der Waals surface area (Å²) in [5, 5.41) is 11.2. The van der Waals surface area contributed by atoms with E-state index < -0.39 is 5.56 Å². The van der Waals surface area contributed by atoms with E-state index in [1.807, 2.05) is 5.73 Å². The second-order valence-electron chi connectivity index (χ2n) is 2.68. The molecule has 0 aromatic carbocycles. The maximum absolute atomic E-state index is 11.4. The lowest BCUT2D eigenvalue weighted by atomic mass is 10.5. The third kappa shape index (κ3) is 1.70. The van der Waals surface area contributed by atoms with Crippen molar-refractivity contribution in [2.45, 2.75) is 0 Å². The molecule has 0 bridgehead atoms. The first-order chi connectivity index (χ1) is 7.74. The summed E-state index contributed by atoms with van der Waals surface area (Å²) in [5.74, 6) is 0.275. The van der Waals surface area contributed by atoms with Gasteiger partial charge in [0.15, 0.2) is 12.6 Å². The van der Waals surface area contributed by atoms with Gasteiger partial charge in [-0.1, -0.05) is 0 Å². The van der Waals surface area contributed by atoms with Crippen molar-refractivity contribution in [1.29, 1.82) is 0 Å². The Kier molecular flexibility index (Phi) is 1.89. The molecule has 2 rings (SSSR count). The minimum absolute atomic E-state index is 0.0204. The minimum Gasteiger partial charge on any atom is -0.377 e. The summed E-state index contributed by atoms with van der Waals surface area (Å²) >= 11 is 0. The molecule has 0 saturated heterocycles. The number of rotatable bonds is 3. The number of nitrogens with one attached hydrogen (secondary N) is 2. The zero-order valence-electron chi connectivity index (χ0n) is 8.48. The van der Waals surface area contributed by atoms with Gasteiger partial charge in [-0.25, -0.2) is 9.97 Å². The molecular weight excluding hydrogens is 200 g/mol. The van der Waals surface area contributed by atoms with Gasteiger partial charge in [-0.05, 0) is 0 Å². The van der Waals surface area contributed by atoms with E-state index in [9.17, 15) is 4.79 Å². The highest BCUT2D eigenvalue weighted by Gasteiger charge is 2.05. The van der Waals surface area contributed by atoms with Crippen molar-refractivity contribution in [3.8, 4) is 0 Å². The second-order valence-corrected chi connectivity index (χ2v) is 2.68. The SMILES string of the molecule is [2H]Nc1nc2nc(NCO)cnc2c(=O)[nH]1. The molecule has 0 aliphatic heterocycles. The number of anilines is 2. The second kappa shape index (κ2) is 3.50. The van der Waals surface area contributed by atoms with E-state index >= 15 is 0 Å². The topological polar surface area (TPSA) is 130 Å². The molecule has 0 atom stereocenters. The molecule has 0 amide bonds. The van der Waals surface area contributed by atoms with E-state index in [0.29, 0.717) is 5.82 Å². The zero-order chi connectivity index (χ0) is 11.5. The van der Waals surface area contributed by atoms with Gasteiger partial charge in [-0.3, -0.25) is 9.78 Å². The highest BCUT2D eigenvalue weighted by molar-refractivity contribution is 5.70. The summed E-state index contributed by atoms with van der Waals surface area (Å²) in [6.07, 6.45) is 1.31. The Morgan fingerprint density at radius 1 is 1.67 bits per heavy atom. The van der Waals surface area contributed by atoms with Crippen molar-refractivity contribution in [2.24, 2.45) is 0 Å². The number of H-pyrrole nitrogens is 1. The number of aliphatic hydroxyl groups is 1. The number of aromatic nitrogens is 4. The van der Waals surface area contributed by atoms with Crippen molar-refractivity contribution in [3.05, 3.63) is 16.6 Å². The van der Waals surface area contributed by atoms with Gasteiger partial charge in [0, 0.05) is 0 Å². The van der Waals surface area contributed by atoms with Gasteiger partial charge in [0.2, 0.25) is 5.95 Å². The fourth-order valence-corrected chi connectivity index (χ4v) is 1.08. The fourth-order valence-electron chi connectivity index (χ4n) is 1.08. The van der Waals surface area contributed by atoms with Crippen molar-refractivity contribution in [3.63, 3.8) is 0 Å². The van der Waals surface area contributed by atoms with E-state index in [1.165, 1.54) is 6.20 Å². The van der Waals surface area contributed by atoms with Crippen LogP contribution in [0.5, 0.6) is 0 Å². The van der Waals surface area contributed by atoms with Crippen molar-refractivity contribution in [1.82, 2.24) is 19.9 Å². The molecule has 2 heterocycles. The molecule has 2 aromatic heterocycles. The highest BCUT2D eigenvalue weighted by atomic mass is 16.3. The molecule has 0 aliphatic carbocycles. The lowest BCUT2D eigenvalue weighted by Crippen LogP contribution is -2.14. The summed E-state index contributed by atoms with van der Waals surface area (Å²) in [6.45, 7) is -0.299. The summed E-state index contributed by atoms with van der Waals surface area (Å²) in [6, 6.07) is 0. The summed E-state index contributed by atoms with van der Waals surface area (Å²) in [5.41, 5.74) is 1.64. The monoisotopic (exact) mass is 209 g/mol. The van der Waals surface area contributed by atoms with Crippen LogP contribution < -0.4 is 16.6 Å². The summed E-state index contributed by atoms with van der Waals surface area (Å²) < 4.78 is 6.86.